The zero-order valence-corrected chi connectivity index (χ0v) is 23.0. The lowest BCUT2D eigenvalue weighted by molar-refractivity contribution is -0.121. The molecule has 0 spiro atoms. The van der Waals surface area contributed by atoms with Crippen molar-refractivity contribution >= 4 is 65.6 Å². The molecule has 1 unspecified atom stereocenters. The van der Waals surface area contributed by atoms with Crippen LogP contribution in [0.3, 0.4) is 0 Å². The molecule has 3 aromatic rings. The summed E-state index contributed by atoms with van der Waals surface area (Å²) < 4.78 is 29.6. The first-order chi connectivity index (χ1) is 16.1. The Bertz CT molecular complexity index is 1300. The van der Waals surface area contributed by atoms with E-state index in [1.807, 2.05) is 27.9 Å². The highest BCUT2D eigenvalue weighted by Gasteiger charge is 2.42. The molecular formula is C23H29ClN4O3S3. The fraction of sp³-hybridized carbons (Fsp3) is 0.478. The molecule has 1 atom stereocenters. The Kier molecular flexibility index (Phi) is 7.66. The van der Waals surface area contributed by atoms with Crippen molar-refractivity contribution in [2.75, 3.05) is 38.6 Å². The summed E-state index contributed by atoms with van der Waals surface area (Å²) in [5.41, 5.74) is 3.10. The maximum Gasteiger partial charge on any atom is 0.253 e. The molecule has 1 aromatic carbocycles. The summed E-state index contributed by atoms with van der Waals surface area (Å²) in [7, 11) is 0.183. The van der Waals surface area contributed by atoms with Gasteiger partial charge < -0.3 is 4.90 Å². The molecule has 0 bridgehead atoms. The number of sulfonamides is 1. The van der Waals surface area contributed by atoms with E-state index in [-0.39, 0.29) is 10.1 Å². The van der Waals surface area contributed by atoms with E-state index in [0.717, 1.165) is 45.6 Å². The van der Waals surface area contributed by atoms with Gasteiger partial charge in [0.15, 0.2) is 5.13 Å². The van der Waals surface area contributed by atoms with Gasteiger partial charge in [0.05, 0.1) is 14.6 Å². The molecule has 1 aliphatic rings. The number of halogens is 1. The first kappa shape index (κ1) is 25.5. The van der Waals surface area contributed by atoms with Crippen molar-refractivity contribution in [2.24, 2.45) is 0 Å². The van der Waals surface area contributed by atoms with E-state index in [0.29, 0.717) is 35.4 Å². The number of nitrogens with zero attached hydrogens (tertiary/aromatic N) is 4. The van der Waals surface area contributed by atoms with Crippen molar-refractivity contribution in [2.45, 2.75) is 43.4 Å². The minimum atomic E-state index is -3.80. The fourth-order valence-corrected chi connectivity index (χ4v) is 8.76. The maximum atomic E-state index is 13.9. The molecule has 0 saturated carbocycles. The van der Waals surface area contributed by atoms with Crippen molar-refractivity contribution in [3.8, 4) is 0 Å². The molecule has 0 aliphatic carbocycles. The number of carbonyl (C=O) groups excluding carboxylic acids is 1. The monoisotopic (exact) mass is 540 g/mol. The van der Waals surface area contributed by atoms with Crippen LogP contribution in [0.1, 0.15) is 30.4 Å². The first-order valence-electron chi connectivity index (χ1n) is 11.2. The summed E-state index contributed by atoms with van der Waals surface area (Å²) in [6, 6.07) is 6.50. The Morgan fingerprint density at radius 1 is 1.21 bits per heavy atom. The third kappa shape index (κ3) is 5.17. The molecule has 34 heavy (non-hydrogen) atoms. The van der Waals surface area contributed by atoms with E-state index in [2.05, 4.69) is 17.0 Å². The Morgan fingerprint density at radius 2 is 1.97 bits per heavy atom. The average Bonchev–Trinajstić information content (AvgIpc) is 3.49. The number of aromatic nitrogens is 1. The van der Waals surface area contributed by atoms with Crippen molar-refractivity contribution in [1.82, 2.24) is 14.2 Å². The van der Waals surface area contributed by atoms with E-state index in [1.54, 1.807) is 11.0 Å². The van der Waals surface area contributed by atoms with Crippen LogP contribution in [0.4, 0.5) is 5.13 Å². The molecule has 1 amide bonds. The molecule has 0 radical (unpaired) electrons. The zero-order chi connectivity index (χ0) is 24.6. The van der Waals surface area contributed by atoms with Gasteiger partial charge >= 0.3 is 0 Å². The summed E-state index contributed by atoms with van der Waals surface area (Å²) >= 11 is 8.50. The van der Waals surface area contributed by atoms with Gasteiger partial charge in [-0.15, -0.1) is 11.3 Å². The van der Waals surface area contributed by atoms with Crippen LogP contribution in [0.2, 0.25) is 4.34 Å². The fourth-order valence-electron chi connectivity index (χ4n) is 4.33. The lowest BCUT2D eigenvalue weighted by Gasteiger charge is -2.28. The molecule has 1 fully saturated rings. The molecule has 4 rings (SSSR count). The van der Waals surface area contributed by atoms with Crippen molar-refractivity contribution in [3.63, 3.8) is 0 Å². The summed E-state index contributed by atoms with van der Waals surface area (Å²) in [5.74, 6) is -0.212. The highest BCUT2D eigenvalue weighted by Crippen LogP contribution is 2.36. The number of anilines is 1. The second-order valence-electron chi connectivity index (χ2n) is 8.90. The topological polar surface area (TPSA) is 73.8 Å². The van der Waals surface area contributed by atoms with Gasteiger partial charge in [0.1, 0.15) is 10.3 Å². The molecule has 1 saturated heterocycles. The second-order valence-corrected chi connectivity index (χ2v) is 13.7. The Balaban J connectivity index is 1.68. The molecule has 184 valence electrons. The smallest absolute Gasteiger partial charge is 0.253 e. The minimum Gasteiger partial charge on any atom is -0.309 e. The quantitative estimate of drug-likeness (QED) is 0.411. The number of rotatable bonds is 8. The number of hydrogen-bond donors (Lipinski definition) is 0. The van der Waals surface area contributed by atoms with Crippen LogP contribution in [-0.2, 0) is 14.8 Å². The van der Waals surface area contributed by atoms with E-state index in [9.17, 15) is 13.2 Å². The van der Waals surface area contributed by atoms with Crippen LogP contribution in [0.15, 0.2) is 28.5 Å². The summed E-state index contributed by atoms with van der Waals surface area (Å²) in [6.45, 7) is 5.67. The number of carbonyl (C=O) groups is 1. The number of aryl methyl sites for hydroxylation is 2. The van der Waals surface area contributed by atoms with Gasteiger partial charge in [-0.25, -0.2) is 13.4 Å². The lowest BCUT2D eigenvalue weighted by atomic mass is 10.1. The largest absolute Gasteiger partial charge is 0.309 e. The van der Waals surface area contributed by atoms with Crippen molar-refractivity contribution < 1.29 is 13.2 Å². The highest BCUT2D eigenvalue weighted by molar-refractivity contribution is 7.91. The average molecular weight is 541 g/mol. The summed E-state index contributed by atoms with van der Waals surface area (Å²) in [5, 5.41) is 0.621. The number of amides is 1. The molecule has 2 aromatic heterocycles. The third-order valence-corrected chi connectivity index (χ3v) is 10.5. The van der Waals surface area contributed by atoms with Gasteiger partial charge in [-0.3, -0.25) is 9.69 Å². The number of thiophene rings is 1. The van der Waals surface area contributed by atoms with Gasteiger partial charge in [-0.1, -0.05) is 29.0 Å². The molecule has 3 heterocycles. The Hall–Kier alpha value is -1.56. The Labute approximate surface area is 214 Å². The zero-order valence-electron chi connectivity index (χ0n) is 19.7. The number of benzene rings is 1. The van der Waals surface area contributed by atoms with Crippen molar-refractivity contribution in [3.05, 3.63) is 39.7 Å². The van der Waals surface area contributed by atoms with Crippen LogP contribution >= 0.6 is 34.3 Å². The molecule has 1 aliphatic heterocycles. The van der Waals surface area contributed by atoms with Crippen LogP contribution in [0.25, 0.3) is 10.2 Å². The van der Waals surface area contributed by atoms with E-state index in [1.165, 1.54) is 21.7 Å². The first-order valence-corrected chi connectivity index (χ1v) is 14.6. The standard InChI is InChI=1S/C23H29ClN4O3S3/c1-15-13-16(2)21-18(14-15)32-23(25-21)27(11-6-10-26(3)4)22(29)17-7-5-12-28(17)34(30,31)20-9-8-19(24)33-20/h8-9,13-14,17H,5-7,10-12H2,1-4H3. The number of fused-ring (bicyclic) bond motifs is 1. The predicted octanol–water partition coefficient (Wildman–Crippen LogP) is 4.77. The lowest BCUT2D eigenvalue weighted by Crippen LogP contribution is -2.48. The van der Waals surface area contributed by atoms with Gasteiger partial charge in [0.25, 0.3) is 10.0 Å². The van der Waals surface area contributed by atoms with Crippen LogP contribution < -0.4 is 4.90 Å². The molecular weight excluding hydrogens is 512 g/mol. The van der Waals surface area contributed by atoms with Gasteiger partial charge in [0.2, 0.25) is 5.91 Å². The van der Waals surface area contributed by atoms with E-state index in [4.69, 9.17) is 16.6 Å². The van der Waals surface area contributed by atoms with Crippen LogP contribution in [0.5, 0.6) is 0 Å². The molecule has 7 nitrogen and oxygen atoms in total. The van der Waals surface area contributed by atoms with E-state index >= 15 is 0 Å². The minimum absolute atomic E-state index is 0.169. The van der Waals surface area contributed by atoms with Gasteiger partial charge in [0, 0.05) is 13.1 Å². The molecule has 0 N–H and O–H groups in total. The van der Waals surface area contributed by atoms with Gasteiger partial charge in [-0.05, 0) is 83.1 Å². The maximum absolute atomic E-state index is 13.9. The predicted molar refractivity (Wildman–Crippen MR) is 141 cm³/mol. The Morgan fingerprint density at radius 3 is 2.65 bits per heavy atom. The normalized spacial score (nSPS) is 17.2. The number of hydrogen-bond acceptors (Lipinski definition) is 7. The van der Waals surface area contributed by atoms with Crippen molar-refractivity contribution in [1.29, 1.82) is 0 Å². The highest BCUT2D eigenvalue weighted by atomic mass is 35.5. The van der Waals surface area contributed by atoms with Crippen LogP contribution in [0, 0.1) is 13.8 Å². The van der Waals surface area contributed by atoms with Crippen LogP contribution in [-0.4, -0.2) is 68.3 Å². The molecule has 11 heteroatoms. The summed E-state index contributed by atoms with van der Waals surface area (Å²) in [6.07, 6.45) is 1.88. The number of thiazole rings is 1. The van der Waals surface area contributed by atoms with Gasteiger partial charge in [-0.2, -0.15) is 4.31 Å². The third-order valence-electron chi connectivity index (χ3n) is 5.90. The second kappa shape index (κ2) is 10.2. The van der Waals surface area contributed by atoms with E-state index < -0.39 is 16.1 Å². The summed E-state index contributed by atoms with van der Waals surface area (Å²) in [4.78, 5) is 22.5. The SMILES string of the molecule is Cc1cc(C)c2nc(N(CCCN(C)C)C(=O)C3CCCN3S(=O)(=O)c3ccc(Cl)s3)sc2c1.